The zero-order valence-electron chi connectivity index (χ0n) is 77.7. The summed E-state index contributed by atoms with van der Waals surface area (Å²) in [6, 6.07) is 57.7. The van der Waals surface area contributed by atoms with E-state index in [-0.39, 0.29) is 36.6 Å². The molecule has 6 nitrogen and oxygen atoms in total. The van der Waals surface area contributed by atoms with Crippen LogP contribution in [0.5, 0.6) is 0 Å². The number of hydrogen-bond acceptors (Lipinski definition) is 6. The van der Waals surface area contributed by atoms with Gasteiger partial charge >= 0.3 is 0 Å². The highest BCUT2D eigenvalue weighted by Crippen LogP contribution is 2.24. The van der Waals surface area contributed by atoms with Crippen molar-refractivity contribution in [1.29, 1.82) is 0 Å². The first-order valence-corrected chi connectivity index (χ1v) is 78.3. The van der Waals surface area contributed by atoms with Crippen molar-refractivity contribution in [2.24, 2.45) is 0 Å². The molecule has 0 fully saturated rings. The van der Waals surface area contributed by atoms with Gasteiger partial charge in [-0.05, 0) is 226 Å². The fourth-order valence-corrected chi connectivity index (χ4v) is 42.1. The summed E-state index contributed by atoms with van der Waals surface area (Å²) in [5.41, 5.74) is 22.7. The van der Waals surface area contributed by atoms with Gasteiger partial charge in [0.05, 0.1) is 0 Å². The molecule has 0 unspecified atom stereocenters. The maximum atomic E-state index is 6.72. The Kier molecular flexibility index (Phi) is 32.1. The molecule has 0 saturated heterocycles. The Morgan fingerprint density at radius 3 is 0.368 bits per heavy atom. The van der Waals surface area contributed by atoms with Crippen molar-refractivity contribution in [3.05, 3.63) is 213 Å². The van der Waals surface area contributed by atoms with E-state index in [9.17, 15) is 0 Å². The molecule has 0 N–H and O–H groups in total. The highest BCUT2D eigenvalue weighted by molar-refractivity contribution is 7.01. The summed E-state index contributed by atoms with van der Waals surface area (Å²) in [5, 5.41) is 17.0. The van der Waals surface area contributed by atoms with Crippen LogP contribution in [0.15, 0.2) is 180 Å². The van der Waals surface area contributed by atoms with E-state index in [1.54, 1.807) is 0 Å². The second kappa shape index (κ2) is 38.0. The van der Waals surface area contributed by atoms with Gasteiger partial charge in [-0.15, -0.1) is 0 Å². The third-order valence-electron chi connectivity index (χ3n) is 22.5. The minimum atomic E-state index is -2.20. The summed E-state index contributed by atoms with van der Waals surface area (Å²) < 4.78 is 40.3. The fraction of sp³-hybridized carbons (Fsp3) is 0.438. The zero-order chi connectivity index (χ0) is 85.6. The second-order valence-electron chi connectivity index (χ2n) is 40.6. The van der Waals surface area contributed by atoms with E-state index in [1.807, 2.05) is 0 Å². The lowest BCUT2D eigenvalue weighted by atomic mass is 10.1. The summed E-state index contributed by atoms with van der Waals surface area (Å²) in [4.78, 5) is 0. The number of rotatable bonds is 36. The Morgan fingerprint density at radius 1 is 0.167 bits per heavy atom. The van der Waals surface area contributed by atoms with Crippen LogP contribution in [0.3, 0.4) is 0 Å². The van der Waals surface area contributed by atoms with E-state index in [2.05, 4.69) is 456 Å². The summed E-state index contributed by atoms with van der Waals surface area (Å²) in [5.74, 6) is 0. The zero-order valence-corrected chi connectivity index (χ0v) is 89.7. The van der Waals surface area contributed by atoms with Gasteiger partial charge in [-0.3, -0.25) is 0 Å². The molecule has 0 aliphatic heterocycles. The molecule has 618 valence electrons. The van der Waals surface area contributed by atoms with Crippen LogP contribution in [0.4, 0.5) is 0 Å². The summed E-state index contributed by atoms with van der Waals surface area (Å²) in [6.07, 6.45) is 15.3. The van der Waals surface area contributed by atoms with Crippen LogP contribution in [0, 0.1) is 0 Å². The summed E-state index contributed by atoms with van der Waals surface area (Å²) in [6.45, 7) is 84.3. The molecule has 18 heteroatoms. The molecule has 0 saturated carbocycles. The molecule has 0 heterocycles. The van der Waals surface area contributed by atoms with Crippen molar-refractivity contribution < 1.29 is 26.6 Å². The molecule has 0 amide bonds. The van der Waals surface area contributed by atoms with E-state index in [0.29, 0.717) is 0 Å². The van der Waals surface area contributed by atoms with Crippen molar-refractivity contribution in [2.45, 2.75) is 277 Å². The molecule has 7 aromatic rings. The van der Waals surface area contributed by atoms with Crippen LogP contribution in [0.25, 0.3) is 36.5 Å². The second-order valence-corrected chi connectivity index (χ2v) is 89.7. The maximum Gasteiger partial charge on any atom is 0.218 e. The average Bonchev–Trinajstić information content (AvgIpc) is 0.789. The molecule has 0 aromatic heterocycles. The molecule has 0 atom stereocenters. The van der Waals surface area contributed by atoms with Crippen molar-refractivity contribution in [1.82, 2.24) is 0 Å². The molecule has 0 aliphatic rings. The SMILES string of the molecule is CC(C)O[Si](C)(C)c1cc([Si](C)(C)/C=C/c2ccc(/C=C/[Si](C)(C)c3cc([Si](C)(C)/C=C/c4ccc(/C=C/[Si](C)(C)c5cc([Si](C)(C)OC(C)C)cc([Si](C)(C)OC(C)C)c5)cc4)cc([Si](C)(C)/C=C/c4ccc(/C=C/[Si](C)(C)c5cc([Si](C)(C)OC(C)C)cc([Si](C)(C)OC(C)C)c5)cc4)c3)cc2)cc([Si](C)(C)OC(C)C)c1. The van der Waals surface area contributed by atoms with Crippen molar-refractivity contribution >= 4 is 197 Å². The van der Waals surface area contributed by atoms with E-state index < -0.39 is 98.3 Å². The largest absolute Gasteiger partial charge is 0.411 e. The highest BCUT2D eigenvalue weighted by Gasteiger charge is 2.40. The Bertz CT molecular complexity index is 3990. The Balaban J connectivity index is 1.21. The Hall–Kier alpha value is -4.66. The fourth-order valence-electron chi connectivity index (χ4n) is 15.3. The van der Waals surface area contributed by atoms with Gasteiger partial charge in [0.2, 0.25) is 49.9 Å². The minimum absolute atomic E-state index is 0.171. The first kappa shape index (κ1) is 96.5. The quantitative estimate of drug-likeness (QED) is 0.0365. The van der Waals surface area contributed by atoms with Crippen LogP contribution in [0.1, 0.15) is 116 Å². The first-order valence-electron chi connectivity index (χ1n) is 42.4. The van der Waals surface area contributed by atoms with Crippen molar-refractivity contribution in [3.63, 3.8) is 0 Å². The number of hydrogen-bond donors (Lipinski definition) is 0. The molecule has 0 aliphatic carbocycles. The number of benzene rings is 7. The maximum absolute atomic E-state index is 6.72. The molecule has 7 rings (SSSR count). The monoisotopic (exact) mass is 1730 g/mol. The van der Waals surface area contributed by atoms with Gasteiger partial charge in [0, 0.05) is 36.6 Å². The van der Waals surface area contributed by atoms with Gasteiger partial charge in [-0.1, -0.05) is 326 Å². The lowest BCUT2D eigenvalue weighted by molar-refractivity contribution is 0.237. The molecule has 0 radical (unpaired) electrons. The lowest BCUT2D eigenvalue weighted by Gasteiger charge is -2.32. The third kappa shape index (κ3) is 27.2. The Morgan fingerprint density at radius 2 is 0.263 bits per heavy atom. The predicted molar refractivity (Wildman–Crippen MR) is 542 cm³/mol. The highest BCUT2D eigenvalue weighted by atomic mass is 28.4. The summed E-state index contributed by atoms with van der Waals surface area (Å²) in [7, 11) is -26.0. The van der Waals surface area contributed by atoms with Crippen LogP contribution < -0.4 is 62.2 Å². The topological polar surface area (TPSA) is 55.4 Å². The van der Waals surface area contributed by atoms with Gasteiger partial charge in [0.25, 0.3) is 0 Å². The van der Waals surface area contributed by atoms with Gasteiger partial charge in [0.15, 0.2) is 0 Å². The van der Waals surface area contributed by atoms with E-state index in [4.69, 9.17) is 26.6 Å². The molecular weight excluding hydrogens is 1590 g/mol. The Labute approximate surface area is 707 Å². The van der Waals surface area contributed by atoms with Gasteiger partial charge < -0.3 is 26.6 Å². The van der Waals surface area contributed by atoms with Gasteiger partial charge in [-0.2, -0.15) is 0 Å². The van der Waals surface area contributed by atoms with Gasteiger partial charge in [-0.25, -0.2) is 0 Å². The van der Waals surface area contributed by atoms with E-state index in [0.717, 1.165) is 0 Å². The standard InChI is InChI=1S/C96H150O6Si12/c1-73(2)97-109(25,26)91-64-88(65-92(70-91)110(27,28)98-74(3)4)106(19,20)58-52-82-43-37-79(38-44-82)49-55-103(13,14)85-61-86(104(15,16)56-50-80-39-45-83(46-40-80)53-59-107(21,22)89-66-93(111(29,30)99-75(5)6)71-94(67-89)112(31,32)100-76(7)8)63-87(62-85)105(17,18)57-51-81-41-47-84(48-42-81)54-60-108(23,24)90-68-95(113(33,34)101-77(9)10)72-96(69-90)114(35,36)102-78(11)12/h37-78H,1-36H3/b55-49+,56-50+,57-51+,58-52+,59-53+,60-54+. The first-order chi connectivity index (χ1) is 52.2. The van der Waals surface area contributed by atoms with E-state index in [1.165, 1.54) is 95.6 Å². The smallest absolute Gasteiger partial charge is 0.218 e. The molecule has 0 spiro atoms. The van der Waals surface area contributed by atoms with Crippen molar-refractivity contribution in [3.8, 4) is 0 Å². The van der Waals surface area contributed by atoms with Crippen molar-refractivity contribution in [2.75, 3.05) is 0 Å². The third-order valence-corrected chi connectivity index (χ3v) is 55.6. The molecule has 0 bridgehead atoms. The molecular formula is C96H150O6Si12. The predicted octanol–water partition coefficient (Wildman–Crippen LogP) is 19.7. The lowest BCUT2D eigenvalue weighted by Crippen LogP contribution is -2.56. The molecule has 114 heavy (non-hydrogen) atoms. The van der Waals surface area contributed by atoms with Crippen LogP contribution in [-0.4, -0.2) is 135 Å². The van der Waals surface area contributed by atoms with E-state index >= 15 is 0 Å². The van der Waals surface area contributed by atoms with Crippen LogP contribution in [-0.2, 0) is 26.6 Å². The van der Waals surface area contributed by atoms with Crippen LogP contribution >= 0.6 is 0 Å². The normalized spacial score (nSPS) is 14.3. The average molecular weight is 1740 g/mol. The minimum Gasteiger partial charge on any atom is -0.411 e. The summed E-state index contributed by atoms with van der Waals surface area (Å²) >= 11 is 0. The van der Waals surface area contributed by atoms with Crippen LogP contribution in [0.2, 0.25) is 157 Å². The molecule has 7 aromatic carbocycles. The van der Waals surface area contributed by atoms with Gasteiger partial charge in [0.1, 0.15) is 48.4 Å².